The van der Waals surface area contributed by atoms with Gasteiger partial charge in [-0.3, -0.25) is 4.79 Å². The molecule has 2 heteroatoms. The van der Waals surface area contributed by atoms with E-state index >= 15 is 0 Å². The fraction of sp³-hybridized carbons (Fsp3) is 0.960. The number of esters is 1. The molecule has 27 heavy (non-hydrogen) atoms. The van der Waals surface area contributed by atoms with Crippen LogP contribution in [0.3, 0.4) is 0 Å². The zero-order chi connectivity index (χ0) is 19.3. The van der Waals surface area contributed by atoms with E-state index in [4.69, 9.17) is 4.74 Å². The van der Waals surface area contributed by atoms with Gasteiger partial charge >= 0.3 is 5.97 Å². The van der Waals surface area contributed by atoms with Crippen molar-refractivity contribution in [1.82, 2.24) is 0 Å². The largest absolute Gasteiger partial charge is 0.465 e. The summed E-state index contributed by atoms with van der Waals surface area (Å²) in [6.45, 7) is 7.32. The first kappa shape index (κ1) is 28.7. The maximum Gasteiger partial charge on any atom is 0.305 e. The van der Waals surface area contributed by atoms with Crippen LogP contribution < -0.4 is 0 Å². The van der Waals surface area contributed by atoms with Gasteiger partial charge in [-0.2, -0.15) is 0 Å². The quantitative estimate of drug-likeness (QED) is 0.155. The van der Waals surface area contributed by atoms with Crippen LogP contribution in [-0.4, -0.2) is 12.6 Å². The van der Waals surface area contributed by atoms with Crippen molar-refractivity contribution in [2.75, 3.05) is 6.61 Å². The van der Waals surface area contributed by atoms with Gasteiger partial charge in [-0.25, -0.2) is 0 Å². The van der Waals surface area contributed by atoms with Crippen molar-refractivity contribution in [1.29, 1.82) is 0 Å². The Labute approximate surface area is 172 Å². The first-order valence-corrected chi connectivity index (χ1v) is 11.9. The fourth-order valence-corrected chi connectivity index (χ4v) is 3.47. The van der Waals surface area contributed by atoms with E-state index in [9.17, 15) is 4.79 Å². The molecule has 0 radical (unpaired) electrons. The highest BCUT2D eigenvalue weighted by Crippen LogP contribution is 2.15. The summed E-state index contributed by atoms with van der Waals surface area (Å²) < 4.78 is 5.46. The van der Waals surface area contributed by atoms with E-state index in [0.29, 0.717) is 18.9 Å². The summed E-state index contributed by atoms with van der Waals surface area (Å²) in [5, 5.41) is 0. The fourth-order valence-electron chi connectivity index (χ4n) is 3.47. The topological polar surface area (TPSA) is 26.3 Å². The molecule has 0 aliphatic heterocycles. The number of rotatable bonds is 20. The molecule has 0 aliphatic carbocycles. The minimum atomic E-state index is 0. The van der Waals surface area contributed by atoms with Crippen molar-refractivity contribution in [3.05, 3.63) is 0 Å². The highest BCUT2D eigenvalue weighted by atomic mass is 16.5. The van der Waals surface area contributed by atoms with Crippen molar-refractivity contribution in [3.63, 3.8) is 0 Å². The lowest BCUT2D eigenvalue weighted by molar-refractivity contribution is -0.145. The number of hydrogen-bond donors (Lipinski definition) is 0. The third-order valence-electron chi connectivity index (χ3n) is 5.51. The maximum absolute atomic E-state index is 11.8. The Morgan fingerprint density at radius 3 is 1.56 bits per heavy atom. The van der Waals surface area contributed by atoms with Gasteiger partial charge in [0.25, 0.3) is 0 Å². The molecule has 1 unspecified atom stereocenters. The standard InChI is InChI=1S/C24H48O2.CH4/c1-4-7-9-10-11-12-13-14-15-16-17-18-19-21-24(25)26-22-23(6-3)20-8-5-2;/h23H,4-22H2,1-3H3;1H4. The summed E-state index contributed by atoms with van der Waals surface area (Å²) in [4.78, 5) is 11.8. The molecule has 0 heterocycles. The normalized spacial score (nSPS) is 11.8. The monoisotopic (exact) mass is 384 g/mol. The number of hydrogen-bond acceptors (Lipinski definition) is 2. The maximum atomic E-state index is 11.8. The molecule has 0 saturated heterocycles. The van der Waals surface area contributed by atoms with Crippen molar-refractivity contribution in [3.8, 4) is 0 Å². The Hall–Kier alpha value is -0.530. The number of carbonyl (C=O) groups is 1. The molecule has 0 saturated carbocycles. The highest BCUT2D eigenvalue weighted by Gasteiger charge is 2.09. The SMILES string of the molecule is C.CCCCCCCCCCCCCCCC(=O)OCC(CC)CCCC. The summed E-state index contributed by atoms with van der Waals surface area (Å²) in [7, 11) is 0. The van der Waals surface area contributed by atoms with E-state index in [1.54, 1.807) is 0 Å². The van der Waals surface area contributed by atoms with Crippen molar-refractivity contribution in [2.45, 2.75) is 144 Å². The highest BCUT2D eigenvalue weighted by molar-refractivity contribution is 5.69. The van der Waals surface area contributed by atoms with E-state index in [0.717, 1.165) is 12.8 Å². The van der Waals surface area contributed by atoms with Crippen LogP contribution in [0.25, 0.3) is 0 Å². The van der Waals surface area contributed by atoms with Crippen LogP contribution >= 0.6 is 0 Å². The molecule has 0 amide bonds. The summed E-state index contributed by atoms with van der Waals surface area (Å²) in [6.07, 6.45) is 22.8. The first-order chi connectivity index (χ1) is 12.7. The molecule has 164 valence electrons. The van der Waals surface area contributed by atoms with Gasteiger partial charge in [-0.15, -0.1) is 0 Å². The average molecular weight is 385 g/mol. The lowest BCUT2D eigenvalue weighted by atomic mass is 10.0. The van der Waals surface area contributed by atoms with Gasteiger partial charge in [0.2, 0.25) is 0 Å². The average Bonchev–Trinajstić information content (AvgIpc) is 2.65. The van der Waals surface area contributed by atoms with Crippen molar-refractivity contribution >= 4 is 5.97 Å². The van der Waals surface area contributed by atoms with Crippen LogP contribution in [0.5, 0.6) is 0 Å². The molecule has 0 aromatic rings. The third-order valence-corrected chi connectivity index (χ3v) is 5.51. The predicted octanol–water partition coefficient (Wildman–Crippen LogP) is 8.86. The van der Waals surface area contributed by atoms with Crippen molar-refractivity contribution < 1.29 is 9.53 Å². The molecule has 2 nitrogen and oxygen atoms in total. The zero-order valence-corrected chi connectivity index (χ0v) is 18.3. The van der Waals surface area contributed by atoms with Gasteiger partial charge in [-0.05, 0) is 18.8 Å². The molecule has 1 atom stereocenters. The van der Waals surface area contributed by atoms with E-state index in [-0.39, 0.29) is 13.4 Å². The van der Waals surface area contributed by atoms with E-state index < -0.39 is 0 Å². The van der Waals surface area contributed by atoms with E-state index in [1.165, 1.54) is 96.3 Å². The second-order valence-corrected chi connectivity index (χ2v) is 8.09. The predicted molar refractivity (Wildman–Crippen MR) is 121 cm³/mol. The van der Waals surface area contributed by atoms with Crippen molar-refractivity contribution in [2.24, 2.45) is 5.92 Å². The minimum Gasteiger partial charge on any atom is -0.465 e. The van der Waals surface area contributed by atoms with Crippen LogP contribution in [-0.2, 0) is 9.53 Å². The summed E-state index contributed by atoms with van der Waals surface area (Å²) >= 11 is 0. The zero-order valence-electron chi connectivity index (χ0n) is 18.3. The lowest BCUT2D eigenvalue weighted by Crippen LogP contribution is -2.13. The molecule has 0 spiro atoms. The second-order valence-electron chi connectivity index (χ2n) is 8.09. The Kier molecular flexibility index (Phi) is 25.0. The van der Waals surface area contributed by atoms with Crippen LogP contribution in [0.15, 0.2) is 0 Å². The molecule has 0 fully saturated rings. The van der Waals surface area contributed by atoms with Crippen LogP contribution in [0.2, 0.25) is 0 Å². The molecule has 0 aromatic carbocycles. The van der Waals surface area contributed by atoms with Gasteiger partial charge in [0.15, 0.2) is 0 Å². The Morgan fingerprint density at radius 2 is 1.11 bits per heavy atom. The summed E-state index contributed by atoms with van der Waals surface area (Å²) in [5.74, 6) is 0.577. The molecule has 0 aromatic heterocycles. The third kappa shape index (κ3) is 21.6. The number of unbranched alkanes of at least 4 members (excludes halogenated alkanes) is 13. The van der Waals surface area contributed by atoms with Crippen LogP contribution in [0.4, 0.5) is 0 Å². The van der Waals surface area contributed by atoms with Gasteiger partial charge in [0.1, 0.15) is 0 Å². The summed E-state index contributed by atoms with van der Waals surface area (Å²) in [6, 6.07) is 0. The van der Waals surface area contributed by atoms with Gasteiger partial charge in [0, 0.05) is 6.42 Å². The second kappa shape index (κ2) is 23.5. The minimum absolute atomic E-state index is 0. The lowest BCUT2D eigenvalue weighted by Gasteiger charge is -2.14. The molecule has 0 bridgehead atoms. The number of carbonyl (C=O) groups excluding carboxylic acids is 1. The van der Waals surface area contributed by atoms with Crippen LogP contribution in [0.1, 0.15) is 144 Å². The van der Waals surface area contributed by atoms with E-state index in [2.05, 4.69) is 20.8 Å². The first-order valence-electron chi connectivity index (χ1n) is 11.9. The molecule has 0 rings (SSSR count). The Balaban J connectivity index is 0. The molecule has 0 aliphatic rings. The Bertz CT molecular complexity index is 288. The molecule has 0 N–H and O–H groups in total. The number of ether oxygens (including phenoxy) is 1. The Morgan fingerprint density at radius 1 is 0.667 bits per heavy atom. The smallest absolute Gasteiger partial charge is 0.305 e. The van der Waals surface area contributed by atoms with E-state index in [1.807, 2.05) is 0 Å². The van der Waals surface area contributed by atoms with Gasteiger partial charge in [-0.1, -0.05) is 125 Å². The van der Waals surface area contributed by atoms with Gasteiger partial charge in [0.05, 0.1) is 6.61 Å². The molecular weight excluding hydrogens is 332 g/mol. The van der Waals surface area contributed by atoms with Gasteiger partial charge < -0.3 is 4.74 Å². The molecular formula is C25H52O2. The van der Waals surface area contributed by atoms with Crippen LogP contribution in [0, 0.1) is 5.92 Å². The summed E-state index contributed by atoms with van der Waals surface area (Å²) in [5.41, 5.74) is 0.